The van der Waals surface area contributed by atoms with Crippen molar-refractivity contribution < 1.29 is 31.5 Å². The molecule has 10 aliphatic rings. The standard InChI is InChI=1S/C10H13Si.C5H5.Co.F6P/c1-5-9-7-6-8-10(9)11(2,3)4;1-2-4-5-3-1;;1-7(2,3,4,5)6/h1,6-8H,2-4H3;1-5H;;/q;;;-1. The number of terminal acetylenes is 1. The molecule has 0 amide bonds. The molecule has 10 heterocycles. The normalized spacial score (nSPS) is 94.7. The van der Waals surface area contributed by atoms with Crippen LogP contribution in [0, 0.1) is 12.3 Å². The summed E-state index contributed by atoms with van der Waals surface area (Å²) in [6.45, 7) is 8.14. The van der Waals surface area contributed by atoms with Gasteiger partial charge in [0.25, 0.3) is 0 Å². The van der Waals surface area contributed by atoms with E-state index in [2.05, 4.69) is 25.6 Å². The van der Waals surface area contributed by atoms with E-state index in [0.717, 1.165) is 3.97 Å². The van der Waals surface area contributed by atoms with Crippen LogP contribution >= 0.6 is 7.81 Å². The number of halogens is 6. The Hall–Kier alpha value is 0.293. The second-order valence-electron chi connectivity index (χ2n) is 12.7. The SMILES string of the molecule is C#C[C]12[CH]3[CH]4[CH]5[C]1([Si](C)(C)C)[Co]43521678[CH]2[CH]1[CH]6[CH]7[CH]28.F[P-](F)(F)(F)(F)F. The van der Waals surface area contributed by atoms with Gasteiger partial charge in [-0.05, 0) is 0 Å². The zero-order valence-electron chi connectivity index (χ0n) is 13.2. The Kier molecular flexibility index (Phi) is 0.571. The van der Waals surface area contributed by atoms with Gasteiger partial charge in [-0.2, -0.15) is 0 Å². The molecule has 1 spiro atoms. The van der Waals surface area contributed by atoms with E-state index in [1.807, 2.05) is 0 Å². The molecular formula is C15H18CoF6PSi-. The van der Waals surface area contributed by atoms with Gasteiger partial charge in [0.1, 0.15) is 0 Å². The third kappa shape index (κ3) is 0.177. The Morgan fingerprint density at radius 2 is 1.21 bits per heavy atom. The van der Waals surface area contributed by atoms with Crippen LogP contribution in [0.4, 0.5) is 25.2 Å². The van der Waals surface area contributed by atoms with Crippen LogP contribution in [-0.4, -0.2) is 8.07 Å². The molecular weight excluding hydrogens is 412 g/mol. The van der Waals surface area contributed by atoms with Crippen LogP contribution < -0.4 is 0 Å². The molecule has 5 unspecified atom stereocenters. The van der Waals surface area contributed by atoms with E-state index in [1.54, 1.807) is 0 Å². The van der Waals surface area contributed by atoms with Crippen molar-refractivity contribution in [3.63, 3.8) is 0 Å². The summed E-state index contributed by atoms with van der Waals surface area (Å²) >= 11 is 0. The molecule has 10 aliphatic heterocycles. The second kappa shape index (κ2) is 1.09. The fourth-order valence-corrected chi connectivity index (χ4v) is 112. The van der Waals surface area contributed by atoms with E-state index in [0.29, 0.717) is 4.35 Å². The summed E-state index contributed by atoms with van der Waals surface area (Å²) in [7, 11) is -11.7. The van der Waals surface area contributed by atoms with E-state index >= 15 is 0 Å². The van der Waals surface area contributed by atoms with Crippen LogP contribution in [0.25, 0.3) is 0 Å². The van der Waals surface area contributed by atoms with E-state index in [-0.39, 0.29) is 0 Å². The average molecular weight is 430 g/mol. The predicted octanol–water partition coefficient (Wildman–Crippen LogP) is 8.01. The Morgan fingerprint density at radius 1 is 0.833 bits per heavy atom. The van der Waals surface area contributed by atoms with Crippen molar-refractivity contribution in [2.24, 2.45) is 0 Å². The first kappa shape index (κ1) is 12.6. The minimum absolute atomic E-state index is 0.699. The fraction of sp³-hybridized carbons (Fsp3) is 0.867. The molecule has 10 fully saturated rings. The predicted molar refractivity (Wildman–Crippen MR) is 81.1 cm³/mol. The minimum atomic E-state index is -10.7. The number of rotatable bonds is 1. The Bertz CT molecular complexity index is 1250. The zero-order chi connectivity index (χ0) is 17.6. The number of fused-ring (bicyclic) bond motifs is 10. The van der Waals surface area contributed by atoms with Gasteiger partial charge >= 0.3 is 127 Å². The average Bonchev–Trinajstić information content (AvgIpc) is 3.27. The van der Waals surface area contributed by atoms with Gasteiger partial charge in [0.2, 0.25) is 0 Å². The van der Waals surface area contributed by atoms with Gasteiger partial charge < -0.3 is 0 Å². The van der Waals surface area contributed by atoms with Crippen LogP contribution in [0.3, 0.4) is 0 Å². The van der Waals surface area contributed by atoms with Crippen LogP contribution in [0.1, 0.15) is 0 Å². The zero-order valence-corrected chi connectivity index (χ0v) is 16.2. The summed E-state index contributed by atoms with van der Waals surface area (Å²) in [4.78, 5) is 11.0. The van der Waals surface area contributed by atoms with Crippen molar-refractivity contribution >= 4 is 15.9 Å². The van der Waals surface area contributed by atoms with Gasteiger partial charge in [-0.1, -0.05) is 0 Å². The number of hydrogen-bond acceptors (Lipinski definition) is 0. The molecule has 0 aliphatic carbocycles. The molecule has 0 saturated carbocycles. The van der Waals surface area contributed by atoms with E-state index in [4.69, 9.17) is 6.42 Å². The van der Waals surface area contributed by atoms with Crippen LogP contribution in [0.15, 0.2) is 0 Å². The number of hydrogen-bond donors (Lipinski definition) is 0. The summed E-state index contributed by atoms with van der Waals surface area (Å²) in [6, 6.07) is 0. The van der Waals surface area contributed by atoms with Gasteiger partial charge in [-0.3, -0.25) is 0 Å². The molecule has 0 aromatic rings. The summed E-state index contributed by atoms with van der Waals surface area (Å²) in [5, 5.41) is 0. The van der Waals surface area contributed by atoms with E-state index in [1.165, 1.54) is 38.8 Å². The maximum atomic E-state index is 9.87. The Balaban J connectivity index is 0.000000130. The van der Waals surface area contributed by atoms with Gasteiger partial charge in [0.15, 0.2) is 0 Å². The molecule has 0 bridgehead atoms. The quantitative estimate of drug-likeness (QED) is 0.171. The summed E-state index contributed by atoms with van der Waals surface area (Å²) in [6.07, 6.45) is 3.31. The van der Waals surface area contributed by atoms with Gasteiger partial charge in [-0.15, -0.1) is 0 Å². The molecule has 0 radical (unpaired) electrons. The second-order valence-corrected chi connectivity index (χ2v) is 42.2. The van der Waals surface area contributed by atoms with Crippen LogP contribution in [-0.2, 0) is 6.37 Å². The van der Waals surface area contributed by atoms with Crippen molar-refractivity contribution in [1.29, 1.82) is 0 Å². The van der Waals surface area contributed by atoms with E-state index < -0.39 is 22.2 Å². The summed E-state index contributed by atoms with van der Waals surface area (Å²) in [5.41, 5.74) is 0. The topological polar surface area (TPSA) is 0 Å². The monoisotopic (exact) mass is 430 g/mol. The van der Waals surface area contributed by atoms with Crippen molar-refractivity contribution in [1.82, 2.24) is 0 Å². The van der Waals surface area contributed by atoms with Crippen LogP contribution in [0.5, 0.6) is 0 Å². The first-order valence-electron chi connectivity index (χ1n) is 8.34. The molecule has 5 atom stereocenters. The molecule has 10 rings (SSSR count). The molecule has 10 saturated heterocycles. The van der Waals surface area contributed by atoms with Crippen molar-refractivity contribution in [3.8, 4) is 12.3 Å². The first-order chi connectivity index (χ1) is 10.2. The summed E-state index contributed by atoms with van der Waals surface area (Å²) in [5.74, 6) is 3.63. The Labute approximate surface area is 126 Å². The molecule has 139 valence electrons. The molecule has 9 heteroatoms. The maximum absolute atomic E-state index is 10.7. The third-order valence-electron chi connectivity index (χ3n) is 15.4. The van der Waals surface area contributed by atoms with Crippen molar-refractivity contribution in [3.05, 3.63) is 0 Å². The molecule has 0 N–H and O–H groups in total. The fourth-order valence-electron chi connectivity index (χ4n) is 18.1. The molecule has 24 heavy (non-hydrogen) atoms. The van der Waals surface area contributed by atoms with E-state index in [9.17, 15) is 25.2 Å². The third-order valence-corrected chi connectivity index (χ3v) is 64.4. The van der Waals surface area contributed by atoms with Crippen molar-refractivity contribution in [2.45, 2.75) is 66.8 Å². The molecule has 0 nitrogen and oxygen atoms in total. The van der Waals surface area contributed by atoms with Gasteiger partial charge in [-0.25, -0.2) is 0 Å². The van der Waals surface area contributed by atoms with Crippen molar-refractivity contribution in [2.75, 3.05) is 0 Å². The summed E-state index contributed by atoms with van der Waals surface area (Å²) < 4.78 is 60.9. The van der Waals surface area contributed by atoms with Crippen LogP contribution in [0.2, 0.25) is 66.8 Å². The molecule has 0 aromatic carbocycles. The molecule has 0 aromatic heterocycles. The van der Waals surface area contributed by atoms with Gasteiger partial charge in [0.05, 0.1) is 0 Å². The Morgan fingerprint density at radius 3 is 1.33 bits per heavy atom. The first-order valence-corrected chi connectivity index (χ1v) is 19.7. The van der Waals surface area contributed by atoms with Gasteiger partial charge in [0, 0.05) is 0 Å².